The molecule has 0 saturated heterocycles. The van der Waals surface area contributed by atoms with Gasteiger partial charge in [-0.1, -0.05) is 12.1 Å². The van der Waals surface area contributed by atoms with Crippen LogP contribution in [0.3, 0.4) is 0 Å². The van der Waals surface area contributed by atoms with Crippen LogP contribution in [0, 0.1) is 13.8 Å². The number of fused-ring (bicyclic) bond motifs is 1. The first-order valence-corrected chi connectivity index (χ1v) is 4.75. The summed E-state index contributed by atoms with van der Waals surface area (Å²) in [4.78, 5) is 13.7. The molecule has 76 valence electrons. The molecule has 1 aromatic carbocycles. The van der Waals surface area contributed by atoms with Gasteiger partial charge in [0.25, 0.3) is 0 Å². The van der Waals surface area contributed by atoms with E-state index >= 15 is 0 Å². The molecular weight excluding hydrogens is 190 g/mol. The van der Waals surface area contributed by atoms with E-state index in [1.165, 1.54) is 0 Å². The minimum Gasteiger partial charge on any atom is -0.461 e. The van der Waals surface area contributed by atoms with Gasteiger partial charge in [-0.3, -0.25) is 0 Å². The summed E-state index contributed by atoms with van der Waals surface area (Å²) in [6, 6.07) is 5.77. The third kappa shape index (κ3) is 1.58. The van der Waals surface area contributed by atoms with Crippen molar-refractivity contribution in [2.24, 2.45) is 4.99 Å². The van der Waals surface area contributed by atoms with Crippen molar-refractivity contribution in [3.05, 3.63) is 35.1 Å². The maximum Gasteiger partial charge on any atom is 0.235 e. The first kappa shape index (κ1) is 9.69. The Balaban J connectivity index is 2.68. The van der Waals surface area contributed by atoms with E-state index in [2.05, 4.69) is 4.99 Å². The summed E-state index contributed by atoms with van der Waals surface area (Å²) in [5, 5.41) is 1.06. The molecule has 0 spiro atoms. The maximum atomic E-state index is 10.1. The third-order valence-electron chi connectivity index (χ3n) is 2.59. The van der Waals surface area contributed by atoms with Crippen LogP contribution in [0.15, 0.2) is 27.6 Å². The zero-order valence-corrected chi connectivity index (χ0v) is 8.70. The van der Waals surface area contributed by atoms with E-state index in [-0.39, 0.29) is 0 Å². The Bertz CT molecular complexity index is 548. The lowest BCUT2D eigenvalue weighted by molar-refractivity contribution is 0.562. The smallest absolute Gasteiger partial charge is 0.235 e. The van der Waals surface area contributed by atoms with Crippen molar-refractivity contribution in [1.82, 2.24) is 0 Å². The van der Waals surface area contributed by atoms with E-state index in [0.717, 1.165) is 27.9 Å². The Morgan fingerprint density at radius 2 is 2.20 bits per heavy atom. The Hall–Kier alpha value is -1.86. The van der Waals surface area contributed by atoms with Crippen LogP contribution in [0.5, 0.6) is 0 Å². The third-order valence-corrected chi connectivity index (χ3v) is 2.59. The van der Waals surface area contributed by atoms with Gasteiger partial charge in [-0.2, -0.15) is 0 Å². The summed E-state index contributed by atoms with van der Waals surface area (Å²) in [7, 11) is 0. The predicted molar refractivity (Wildman–Crippen MR) is 57.5 cm³/mol. The lowest BCUT2D eigenvalue weighted by Crippen LogP contribution is -1.83. The van der Waals surface area contributed by atoms with Gasteiger partial charge in [0.1, 0.15) is 11.3 Å². The molecule has 0 atom stereocenters. The van der Waals surface area contributed by atoms with Gasteiger partial charge in [-0.15, -0.1) is 0 Å². The zero-order valence-electron chi connectivity index (χ0n) is 8.70. The van der Waals surface area contributed by atoms with E-state index in [9.17, 15) is 4.79 Å². The van der Waals surface area contributed by atoms with Crippen LogP contribution in [0.2, 0.25) is 0 Å². The van der Waals surface area contributed by atoms with Gasteiger partial charge >= 0.3 is 0 Å². The fourth-order valence-corrected chi connectivity index (χ4v) is 1.75. The molecule has 3 heteroatoms. The SMILES string of the molecule is Cc1oc2cccc(CN=C=O)c2c1C. The van der Waals surface area contributed by atoms with Crippen molar-refractivity contribution in [2.45, 2.75) is 20.4 Å². The molecular formula is C12H11NO2. The number of aliphatic imine (C=N–C) groups is 1. The standard InChI is InChI=1S/C12H11NO2/c1-8-9(2)15-11-5-3-4-10(12(8)11)6-13-7-14/h3-5H,6H2,1-2H3. The summed E-state index contributed by atoms with van der Waals surface area (Å²) in [6.45, 7) is 4.30. The highest BCUT2D eigenvalue weighted by Gasteiger charge is 2.09. The summed E-state index contributed by atoms with van der Waals surface area (Å²) >= 11 is 0. The molecule has 2 aromatic rings. The number of aryl methyl sites for hydroxylation is 2. The number of rotatable bonds is 2. The predicted octanol–water partition coefficient (Wildman–Crippen LogP) is 2.89. The van der Waals surface area contributed by atoms with E-state index in [1.54, 1.807) is 6.08 Å². The average Bonchev–Trinajstić information content (AvgIpc) is 2.53. The van der Waals surface area contributed by atoms with Crippen LogP contribution < -0.4 is 0 Å². The zero-order chi connectivity index (χ0) is 10.8. The Morgan fingerprint density at radius 3 is 2.93 bits per heavy atom. The summed E-state index contributed by atoms with van der Waals surface area (Å²) in [6.07, 6.45) is 1.55. The number of hydrogen-bond acceptors (Lipinski definition) is 3. The second-order valence-corrected chi connectivity index (χ2v) is 3.48. The molecule has 15 heavy (non-hydrogen) atoms. The average molecular weight is 201 g/mol. The summed E-state index contributed by atoms with van der Waals surface area (Å²) in [5.41, 5.74) is 2.97. The molecule has 1 aromatic heterocycles. The van der Waals surface area contributed by atoms with Gasteiger partial charge in [0.15, 0.2) is 0 Å². The largest absolute Gasteiger partial charge is 0.461 e. The molecule has 0 unspecified atom stereocenters. The van der Waals surface area contributed by atoms with Crippen molar-refractivity contribution in [3.63, 3.8) is 0 Å². The highest BCUT2D eigenvalue weighted by atomic mass is 16.3. The number of hydrogen-bond donors (Lipinski definition) is 0. The van der Waals surface area contributed by atoms with Crippen molar-refractivity contribution in [2.75, 3.05) is 0 Å². The second kappa shape index (κ2) is 3.71. The van der Waals surface area contributed by atoms with E-state index < -0.39 is 0 Å². The van der Waals surface area contributed by atoms with Crippen molar-refractivity contribution >= 4 is 17.0 Å². The van der Waals surface area contributed by atoms with E-state index in [4.69, 9.17) is 4.42 Å². The quantitative estimate of drug-likeness (QED) is 0.553. The van der Waals surface area contributed by atoms with E-state index in [0.29, 0.717) is 6.54 Å². The van der Waals surface area contributed by atoms with Crippen LogP contribution >= 0.6 is 0 Å². The van der Waals surface area contributed by atoms with Crippen LogP contribution in [0.1, 0.15) is 16.9 Å². The van der Waals surface area contributed by atoms with Gasteiger partial charge < -0.3 is 4.42 Å². The Labute approximate surface area is 87.4 Å². The Morgan fingerprint density at radius 1 is 1.40 bits per heavy atom. The first-order valence-electron chi connectivity index (χ1n) is 4.75. The first-order chi connectivity index (χ1) is 7.24. The van der Waals surface area contributed by atoms with Gasteiger partial charge in [0.05, 0.1) is 6.54 Å². The van der Waals surface area contributed by atoms with Crippen LogP contribution in [0.25, 0.3) is 11.0 Å². The highest BCUT2D eigenvalue weighted by Crippen LogP contribution is 2.28. The fourth-order valence-electron chi connectivity index (χ4n) is 1.75. The van der Waals surface area contributed by atoms with E-state index in [1.807, 2.05) is 32.0 Å². The summed E-state index contributed by atoms with van der Waals surface area (Å²) < 4.78 is 5.58. The van der Waals surface area contributed by atoms with Crippen LogP contribution in [0.4, 0.5) is 0 Å². The molecule has 0 N–H and O–H groups in total. The molecule has 0 aliphatic heterocycles. The van der Waals surface area contributed by atoms with Gasteiger partial charge in [-0.05, 0) is 31.0 Å². The maximum absolute atomic E-state index is 10.1. The molecule has 0 fully saturated rings. The fraction of sp³-hybridized carbons (Fsp3) is 0.250. The Kier molecular flexibility index (Phi) is 2.40. The molecule has 3 nitrogen and oxygen atoms in total. The topological polar surface area (TPSA) is 42.6 Å². The monoisotopic (exact) mass is 201 g/mol. The number of nitrogens with zero attached hydrogens (tertiary/aromatic N) is 1. The van der Waals surface area contributed by atoms with Crippen molar-refractivity contribution in [3.8, 4) is 0 Å². The lowest BCUT2D eigenvalue weighted by atomic mass is 10.1. The van der Waals surface area contributed by atoms with Crippen molar-refractivity contribution in [1.29, 1.82) is 0 Å². The van der Waals surface area contributed by atoms with Gasteiger partial charge in [0.2, 0.25) is 6.08 Å². The molecule has 0 bridgehead atoms. The summed E-state index contributed by atoms with van der Waals surface area (Å²) in [5.74, 6) is 0.910. The molecule has 2 rings (SSSR count). The highest BCUT2D eigenvalue weighted by molar-refractivity contribution is 5.85. The number of benzene rings is 1. The number of isocyanates is 1. The molecule has 0 amide bonds. The molecule has 0 aliphatic rings. The minimum atomic E-state index is 0.362. The van der Waals surface area contributed by atoms with Crippen LogP contribution in [-0.2, 0) is 11.3 Å². The normalized spacial score (nSPS) is 10.3. The molecule has 0 saturated carbocycles. The number of furan rings is 1. The molecule has 0 radical (unpaired) electrons. The minimum absolute atomic E-state index is 0.362. The molecule has 0 aliphatic carbocycles. The number of carbonyl (C=O) groups excluding carboxylic acids is 1. The lowest BCUT2D eigenvalue weighted by Gasteiger charge is -1.98. The van der Waals surface area contributed by atoms with Gasteiger partial charge in [-0.25, -0.2) is 9.79 Å². The molecule has 1 heterocycles. The van der Waals surface area contributed by atoms with Crippen molar-refractivity contribution < 1.29 is 9.21 Å². The van der Waals surface area contributed by atoms with Gasteiger partial charge in [0, 0.05) is 5.39 Å². The van der Waals surface area contributed by atoms with Crippen LogP contribution in [-0.4, -0.2) is 6.08 Å². The second-order valence-electron chi connectivity index (χ2n) is 3.48.